The summed E-state index contributed by atoms with van der Waals surface area (Å²) in [6, 6.07) is 9.37. The zero-order chi connectivity index (χ0) is 14.6. The van der Waals surface area contributed by atoms with Crippen molar-refractivity contribution < 1.29 is 22.6 Å². The van der Waals surface area contributed by atoms with Crippen LogP contribution in [0.1, 0.15) is 9.75 Å². The third-order valence-electron chi connectivity index (χ3n) is 2.36. The number of halogens is 3. The number of thiophene rings is 1. The van der Waals surface area contributed by atoms with Crippen LogP contribution in [-0.2, 0) is 13.2 Å². The van der Waals surface area contributed by atoms with E-state index in [1.807, 2.05) is 12.1 Å². The third-order valence-corrected chi connectivity index (χ3v) is 3.44. The van der Waals surface area contributed by atoms with Gasteiger partial charge in [-0.2, -0.15) is 0 Å². The molecule has 0 aliphatic heterocycles. The van der Waals surface area contributed by atoms with Crippen molar-refractivity contribution in [3.8, 4) is 11.5 Å². The topological polar surface area (TPSA) is 44.5 Å². The molecule has 2 N–H and O–H groups in total. The molecule has 0 unspecified atom stereocenters. The Morgan fingerprint density at radius 2 is 1.65 bits per heavy atom. The lowest BCUT2D eigenvalue weighted by Crippen LogP contribution is -2.17. The van der Waals surface area contributed by atoms with Crippen LogP contribution in [-0.4, -0.2) is 6.36 Å². The van der Waals surface area contributed by atoms with Crippen LogP contribution < -0.4 is 15.2 Å². The maximum atomic E-state index is 12.2. The Bertz CT molecular complexity index is 569. The summed E-state index contributed by atoms with van der Waals surface area (Å²) < 4.78 is 46.0. The van der Waals surface area contributed by atoms with Crippen LogP contribution in [0.5, 0.6) is 11.5 Å². The molecule has 0 radical (unpaired) electrons. The highest BCUT2D eigenvalue weighted by molar-refractivity contribution is 7.11. The molecule has 2 aromatic rings. The van der Waals surface area contributed by atoms with Crippen molar-refractivity contribution in [1.29, 1.82) is 0 Å². The Morgan fingerprint density at radius 1 is 1.00 bits per heavy atom. The van der Waals surface area contributed by atoms with Crippen LogP contribution >= 0.6 is 11.3 Å². The molecule has 7 heteroatoms. The van der Waals surface area contributed by atoms with Crippen molar-refractivity contribution in [2.24, 2.45) is 5.73 Å². The first-order valence-corrected chi connectivity index (χ1v) is 6.55. The van der Waals surface area contributed by atoms with E-state index >= 15 is 0 Å². The van der Waals surface area contributed by atoms with Gasteiger partial charge in [0.25, 0.3) is 0 Å². The molecule has 1 aromatic carbocycles. The molecule has 0 atom stereocenters. The standard InChI is InChI=1S/C13H12F3NO2S/c14-13(15,16)19-12-4-2-1-3-11(12)18-8-10-6-5-9(7-17)20-10/h1-6H,7-8,17H2. The van der Waals surface area contributed by atoms with Crippen LogP contribution in [0.2, 0.25) is 0 Å². The van der Waals surface area contributed by atoms with Crippen molar-refractivity contribution in [3.05, 3.63) is 46.2 Å². The van der Waals surface area contributed by atoms with Crippen LogP contribution in [0.15, 0.2) is 36.4 Å². The second-order valence-corrected chi connectivity index (χ2v) is 5.11. The molecule has 0 amide bonds. The first-order chi connectivity index (χ1) is 9.48. The monoisotopic (exact) mass is 303 g/mol. The maximum Gasteiger partial charge on any atom is 0.573 e. The number of nitrogens with two attached hydrogens (primary N) is 1. The minimum atomic E-state index is -4.74. The summed E-state index contributed by atoms with van der Waals surface area (Å²) in [5.41, 5.74) is 5.49. The van der Waals surface area contributed by atoms with E-state index in [0.717, 1.165) is 9.75 Å². The van der Waals surface area contributed by atoms with Gasteiger partial charge in [0.2, 0.25) is 0 Å². The lowest BCUT2D eigenvalue weighted by Gasteiger charge is -2.13. The highest BCUT2D eigenvalue weighted by Crippen LogP contribution is 2.32. The largest absolute Gasteiger partial charge is 0.573 e. The van der Waals surface area contributed by atoms with E-state index < -0.39 is 6.36 Å². The molecule has 3 nitrogen and oxygen atoms in total. The summed E-state index contributed by atoms with van der Waals surface area (Å²) in [4.78, 5) is 1.87. The Morgan fingerprint density at radius 3 is 2.25 bits per heavy atom. The maximum absolute atomic E-state index is 12.2. The van der Waals surface area contributed by atoms with Gasteiger partial charge in [-0.15, -0.1) is 24.5 Å². The van der Waals surface area contributed by atoms with Crippen LogP contribution in [0.25, 0.3) is 0 Å². The average Bonchev–Trinajstić information content (AvgIpc) is 2.84. The number of ether oxygens (including phenoxy) is 2. The number of rotatable bonds is 5. The van der Waals surface area contributed by atoms with E-state index in [4.69, 9.17) is 10.5 Å². The van der Waals surface area contributed by atoms with Gasteiger partial charge in [-0.3, -0.25) is 0 Å². The molecule has 108 valence electrons. The SMILES string of the molecule is NCc1ccc(COc2ccccc2OC(F)(F)F)s1. The molecule has 0 fully saturated rings. The smallest absolute Gasteiger partial charge is 0.484 e. The Balaban J connectivity index is 2.05. The van der Waals surface area contributed by atoms with Crippen LogP contribution in [0.4, 0.5) is 13.2 Å². The summed E-state index contributed by atoms with van der Waals surface area (Å²) in [5.74, 6) is -0.303. The Kier molecular flexibility index (Phi) is 4.51. The predicted molar refractivity (Wildman–Crippen MR) is 69.7 cm³/mol. The molecule has 2 rings (SSSR count). The highest BCUT2D eigenvalue weighted by atomic mass is 32.1. The number of hydrogen-bond donors (Lipinski definition) is 1. The van der Waals surface area contributed by atoms with Gasteiger partial charge in [0.05, 0.1) is 0 Å². The Hall–Kier alpha value is -1.73. The van der Waals surface area contributed by atoms with E-state index in [2.05, 4.69) is 4.74 Å². The van der Waals surface area contributed by atoms with Gasteiger partial charge in [-0.05, 0) is 24.3 Å². The molecule has 0 aliphatic rings. The van der Waals surface area contributed by atoms with Gasteiger partial charge in [0.1, 0.15) is 6.61 Å². The molecule has 0 saturated heterocycles. The van der Waals surface area contributed by atoms with Crippen molar-refractivity contribution in [1.82, 2.24) is 0 Å². The second-order valence-electron chi connectivity index (χ2n) is 3.86. The summed E-state index contributed by atoms with van der Waals surface area (Å²) >= 11 is 1.46. The predicted octanol–water partition coefficient (Wildman–Crippen LogP) is 3.68. The minimum absolute atomic E-state index is 0.0486. The minimum Gasteiger partial charge on any atom is -0.484 e. The summed E-state index contributed by atoms with van der Waals surface area (Å²) in [6.45, 7) is 0.599. The first-order valence-electron chi connectivity index (χ1n) is 5.73. The van der Waals surface area contributed by atoms with Crippen LogP contribution in [0, 0.1) is 0 Å². The zero-order valence-corrected chi connectivity index (χ0v) is 11.1. The Labute approximate surface area is 117 Å². The molecular formula is C13H12F3NO2S. The molecular weight excluding hydrogens is 291 g/mol. The van der Waals surface area contributed by atoms with E-state index in [9.17, 15) is 13.2 Å². The van der Waals surface area contributed by atoms with Gasteiger partial charge < -0.3 is 15.2 Å². The van der Waals surface area contributed by atoms with Crippen molar-refractivity contribution in [2.45, 2.75) is 19.5 Å². The molecule has 1 heterocycles. The second kappa shape index (κ2) is 6.15. The van der Waals surface area contributed by atoms with Gasteiger partial charge in [0, 0.05) is 16.3 Å². The quantitative estimate of drug-likeness (QED) is 0.916. The fourth-order valence-corrected chi connectivity index (χ4v) is 2.35. The summed E-state index contributed by atoms with van der Waals surface area (Å²) in [6.07, 6.45) is -4.74. The number of para-hydroxylation sites is 2. The van der Waals surface area contributed by atoms with Gasteiger partial charge >= 0.3 is 6.36 Å². The molecule has 0 bridgehead atoms. The molecule has 0 spiro atoms. The van der Waals surface area contributed by atoms with Crippen molar-refractivity contribution in [2.75, 3.05) is 0 Å². The molecule has 1 aromatic heterocycles. The fraction of sp³-hybridized carbons (Fsp3) is 0.231. The number of benzene rings is 1. The van der Waals surface area contributed by atoms with Gasteiger partial charge in [0.15, 0.2) is 11.5 Å². The lowest BCUT2D eigenvalue weighted by atomic mass is 10.3. The normalized spacial score (nSPS) is 11.4. The van der Waals surface area contributed by atoms with E-state index in [1.54, 1.807) is 6.07 Å². The number of alkyl halides is 3. The molecule has 0 saturated carbocycles. The van der Waals surface area contributed by atoms with Crippen molar-refractivity contribution in [3.63, 3.8) is 0 Å². The number of hydrogen-bond acceptors (Lipinski definition) is 4. The van der Waals surface area contributed by atoms with E-state index in [0.29, 0.717) is 6.54 Å². The summed E-state index contributed by atoms with van der Waals surface area (Å²) in [7, 11) is 0. The fourth-order valence-electron chi connectivity index (χ4n) is 1.54. The third kappa shape index (κ3) is 4.14. The van der Waals surface area contributed by atoms with Gasteiger partial charge in [-0.1, -0.05) is 12.1 Å². The molecule has 20 heavy (non-hydrogen) atoms. The molecule has 0 aliphatic carbocycles. The van der Waals surface area contributed by atoms with E-state index in [1.165, 1.54) is 29.5 Å². The van der Waals surface area contributed by atoms with Crippen molar-refractivity contribution >= 4 is 11.3 Å². The van der Waals surface area contributed by atoms with Crippen LogP contribution in [0.3, 0.4) is 0 Å². The lowest BCUT2D eigenvalue weighted by molar-refractivity contribution is -0.275. The average molecular weight is 303 g/mol. The zero-order valence-electron chi connectivity index (χ0n) is 10.3. The highest BCUT2D eigenvalue weighted by Gasteiger charge is 2.32. The first kappa shape index (κ1) is 14.7. The van der Waals surface area contributed by atoms with Gasteiger partial charge in [-0.25, -0.2) is 0 Å². The summed E-state index contributed by atoms with van der Waals surface area (Å²) in [5, 5.41) is 0. The van der Waals surface area contributed by atoms with E-state index in [-0.39, 0.29) is 18.1 Å².